The van der Waals surface area contributed by atoms with Gasteiger partial charge in [0.05, 0.1) is 0 Å². The van der Waals surface area contributed by atoms with Crippen molar-refractivity contribution < 1.29 is 4.79 Å². The lowest BCUT2D eigenvalue weighted by Gasteiger charge is -2.22. The van der Waals surface area contributed by atoms with Crippen molar-refractivity contribution in [2.24, 2.45) is 5.41 Å². The van der Waals surface area contributed by atoms with Gasteiger partial charge in [-0.05, 0) is 24.0 Å². The maximum Gasteiger partial charge on any atom is 0.259 e. The molecule has 0 atom stereocenters. The van der Waals surface area contributed by atoms with E-state index in [-0.39, 0.29) is 11.3 Å². The molecule has 0 fully saturated rings. The van der Waals surface area contributed by atoms with E-state index in [9.17, 15) is 4.79 Å². The van der Waals surface area contributed by atoms with Gasteiger partial charge in [-0.25, -0.2) is 4.98 Å². The number of benzene rings is 1. The Bertz CT molecular complexity index is 614. The van der Waals surface area contributed by atoms with E-state index in [1.807, 2.05) is 51.1 Å². The van der Waals surface area contributed by atoms with Gasteiger partial charge in [-0.2, -0.15) is 0 Å². The number of hydrogen-bond donors (Lipinski definition) is 0. The minimum absolute atomic E-state index is 0.0319. The van der Waals surface area contributed by atoms with Crippen LogP contribution in [0.1, 0.15) is 36.7 Å². The number of aromatic nitrogens is 2. The van der Waals surface area contributed by atoms with Crippen molar-refractivity contribution in [3.05, 3.63) is 59.7 Å². The third-order valence-electron chi connectivity index (χ3n) is 3.17. The number of hydrogen-bond acceptors (Lipinski definition) is 2. The second kappa shape index (κ2) is 5.45. The second-order valence-corrected chi connectivity index (χ2v) is 5.99. The third kappa shape index (κ3) is 3.23. The number of imidazole rings is 1. The topological polar surface area (TPSA) is 34.9 Å². The average molecular weight is 268 g/mol. The zero-order valence-corrected chi connectivity index (χ0v) is 12.4. The van der Waals surface area contributed by atoms with Gasteiger partial charge in [0.1, 0.15) is 6.33 Å². The van der Waals surface area contributed by atoms with Crippen LogP contribution in [0, 0.1) is 12.3 Å². The van der Waals surface area contributed by atoms with Gasteiger partial charge in [0, 0.05) is 18.0 Å². The molecule has 1 aromatic heterocycles. The molecular formula is C17H20N2O. The lowest BCUT2D eigenvalue weighted by molar-refractivity contribution is 0.0935. The maximum absolute atomic E-state index is 12.6. The second-order valence-electron chi connectivity index (χ2n) is 5.99. The van der Waals surface area contributed by atoms with Crippen LogP contribution in [0.2, 0.25) is 0 Å². The van der Waals surface area contributed by atoms with Crippen LogP contribution in [0.5, 0.6) is 0 Å². The maximum atomic E-state index is 12.6. The molecule has 1 heterocycles. The molecule has 0 unspecified atom stereocenters. The minimum atomic E-state index is -0.230. The monoisotopic (exact) mass is 268 g/mol. The summed E-state index contributed by atoms with van der Waals surface area (Å²) in [7, 11) is 0. The van der Waals surface area contributed by atoms with Crippen molar-refractivity contribution in [3.8, 4) is 0 Å². The van der Waals surface area contributed by atoms with Crippen molar-refractivity contribution in [2.45, 2.75) is 27.7 Å². The van der Waals surface area contributed by atoms with Crippen molar-refractivity contribution >= 4 is 12.0 Å². The summed E-state index contributed by atoms with van der Waals surface area (Å²) >= 11 is 0. The number of carbonyl (C=O) groups is 1. The summed E-state index contributed by atoms with van der Waals surface area (Å²) in [5.41, 5.74) is 2.78. The summed E-state index contributed by atoms with van der Waals surface area (Å²) in [6.45, 7) is 8.18. The molecule has 0 saturated heterocycles. The van der Waals surface area contributed by atoms with Gasteiger partial charge in [0.15, 0.2) is 0 Å². The molecule has 0 aliphatic rings. The standard InChI is InChI=1S/C17H20N2O/c1-13-5-7-14(8-6-13)11-15(17(2,3)4)16(20)19-10-9-18-12-19/h5-12H,1-4H3/b15-11+. The lowest BCUT2D eigenvalue weighted by Crippen LogP contribution is -2.22. The molecule has 0 radical (unpaired) electrons. The quantitative estimate of drug-likeness (QED) is 0.773. The van der Waals surface area contributed by atoms with E-state index >= 15 is 0 Å². The minimum Gasteiger partial charge on any atom is -0.273 e. The van der Waals surface area contributed by atoms with Crippen LogP contribution < -0.4 is 0 Å². The van der Waals surface area contributed by atoms with E-state index in [2.05, 4.69) is 11.9 Å². The number of nitrogens with zero attached hydrogens (tertiary/aromatic N) is 2. The molecule has 2 aromatic rings. The van der Waals surface area contributed by atoms with E-state index in [4.69, 9.17) is 0 Å². The van der Waals surface area contributed by atoms with Gasteiger partial charge in [-0.1, -0.05) is 50.6 Å². The van der Waals surface area contributed by atoms with Gasteiger partial charge in [0.2, 0.25) is 0 Å². The van der Waals surface area contributed by atoms with Crippen molar-refractivity contribution in [2.75, 3.05) is 0 Å². The van der Waals surface area contributed by atoms with Crippen LogP contribution in [0.25, 0.3) is 6.08 Å². The Hall–Kier alpha value is -2.16. The molecule has 0 aliphatic heterocycles. The molecule has 0 spiro atoms. The van der Waals surface area contributed by atoms with Gasteiger partial charge < -0.3 is 0 Å². The van der Waals surface area contributed by atoms with E-state index in [1.165, 1.54) is 16.5 Å². The fourth-order valence-electron chi connectivity index (χ4n) is 1.95. The molecule has 0 bridgehead atoms. The molecule has 104 valence electrons. The van der Waals surface area contributed by atoms with E-state index < -0.39 is 0 Å². The van der Waals surface area contributed by atoms with Crippen LogP contribution in [0.15, 0.2) is 48.6 Å². The molecule has 20 heavy (non-hydrogen) atoms. The molecule has 0 N–H and O–H groups in total. The summed E-state index contributed by atoms with van der Waals surface area (Å²) in [5.74, 6) is -0.0319. The molecular weight excluding hydrogens is 248 g/mol. The largest absolute Gasteiger partial charge is 0.273 e. The normalized spacial score (nSPS) is 12.5. The summed E-state index contributed by atoms with van der Waals surface area (Å²) in [4.78, 5) is 16.5. The van der Waals surface area contributed by atoms with Gasteiger partial charge in [-0.15, -0.1) is 0 Å². The average Bonchev–Trinajstić information content (AvgIpc) is 2.89. The Labute approximate surface area is 120 Å². The van der Waals surface area contributed by atoms with Crippen molar-refractivity contribution in [1.29, 1.82) is 0 Å². The first kappa shape index (κ1) is 14.3. The Morgan fingerprint density at radius 1 is 1.20 bits per heavy atom. The van der Waals surface area contributed by atoms with E-state index in [0.29, 0.717) is 0 Å². The number of carbonyl (C=O) groups excluding carboxylic acids is 1. The first-order chi connectivity index (χ1) is 9.38. The highest BCUT2D eigenvalue weighted by Crippen LogP contribution is 2.28. The highest BCUT2D eigenvalue weighted by molar-refractivity contribution is 6.00. The summed E-state index contributed by atoms with van der Waals surface area (Å²) in [6, 6.07) is 8.16. The van der Waals surface area contributed by atoms with Gasteiger partial charge >= 0.3 is 0 Å². The fraction of sp³-hybridized carbons (Fsp3) is 0.294. The first-order valence-corrected chi connectivity index (χ1v) is 6.69. The zero-order valence-electron chi connectivity index (χ0n) is 12.4. The predicted molar refractivity (Wildman–Crippen MR) is 81.5 cm³/mol. The van der Waals surface area contributed by atoms with Gasteiger partial charge in [0.25, 0.3) is 5.91 Å². The van der Waals surface area contributed by atoms with Crippen LogP contribution >= 0.6 is 0 Å². The molecule has 0 aliphatic carbocycles. The highest BCUT2D eigenvalue weighted by Gasteiger charge is 2.24. The number of allylic oxidation sites excluding steroid dienone is 1. The summed E-state index contributed by atoms with van der Waals surface area (Å²) in [5, 5.41) is 0. The fourth-order valence-corrected chi connectivity index (χ4v) is 1.95. The Morgan fingerprint density at radius 3 is 2.35 bits per heavy atom. The number of rotatable bonds is 2. The van der Waals surface area contributed by atoms with Crippen molar-refractivity contribution in [3.63, 3.8) is 0 Å². The smallest absolute Gasteiger partial charge is 0.259 e. The Morgan fingerprint density at radius 2 is 1.85 bits per heavy atom. The third-order valence-corrected chi connectivity index (χ3v) is 3.17. The molecule has 1 aromatic carbocycles. The lowest BCUT2D eigenvalue weighted by atomic mass is 9.84. The molecule has 3 nitrogen and oxygen atoms in total. The Balaban J connectivity index is 2.43. The molecule has 0 saturated carbocycles. The predicted octanol–water partition coefficient (Wildman–Crippen LogP) is 3.96. The van der Waals surface area contributed by atoms with Crippen LogP contribution in [0.3, 0.4) is 0 Å². The zero-order chi connectivity index (χ0) is 14.8. The Kier molecular flexibility index (Phi) is 3.89. The van der Waals surface area contributed by atoms with Crippen molar-refractivity contribution in [1.82, 2.24) is 9.55 Å². The van der Waals surface area contributed by atoms with E-state index in [1.54, 1.807) is 12.4 Å². The van der Waals surface area contributed by atoms with Gasteiger partial charge in [-0.3, -0.25) is 9.36 Å². The molecule has 2 rings (SSSR count). The molecule has 3 heteroatoms. The van der Waals surface area contributed by atoms with Crippen LogP contribution in [-0.2, 0) is 0 Å². The van der Waals surface area contributed by atoms with E-state index in [0.717, 1.165) is 11.1 Å². The SMILES string of the molecule is Cc1ccc(/C=C(\C(=O)n2ccnc2)C(C)(C)C)cc1. The summed E-state index contributed by atoms with van der Waals surface area (Å²) < 4.78 is 1.52. The van der Waals surface area contributed by atoms with Crippen LogP contribution in [0.4, 0.5) is 0 Å². The molecule has 0 amide bonds. The summed E-state index contributed by atoms with van der Waals surface area (Å²) in [6.07, 6.45) is 6.79. The van der Waals surface area contributed by atoms with Crippen LogP contribution in [-0.4, -0.2) is 15.5 Å². The highest BCUT2D eigenvalue weighted by atomic mass is 16.2. The first-order valence-electron chi connectivity index (χ1n) is 6.69. The number of aryl methyl sites for hydroxylation is 1.